The third kappa shape index (κ3) is 4.04. The lowest BCUT2D eigenvalue weighted by molar-refractivity contribution is -0.119. The number of aromatic nitrogens is 2. The van der Waals surface area contributed by atoms with E-state index in [-0.39, 0.29) is 11.4 Å². The molecule has 0 radical (unpaired) electrons. The van der Waals surface area contributed by atoms with Gasteiger partial charge >= 0.3 is 0 Å². The SMILES string of the molecule is O=C(Nc1nc(-c2cccnc2)cs1)C1CCCN1S(=O)(=O)c1ccc(F)cc1. The van der Waals surface area contributed by atoms with E-state index in [1.807, 2.05) is 6.07 Å². The second-order valence-electron chi connectivity index (χ2n) is 6.50. The molecule has 1 fully saturated rings. The highest BCUT2D eigenvalue weighted by atomic mass is 32.2. The Labute approximate surface area is 171 Å². The van der Waals surface area contributed by atoms with Crippen LogP contribution >= 0.6 is 11.3 Å². The second kappa shape index (κ2) is 7.97. The summed E-state index contributed by atoms with van der Waals surface area (Å²) in [6.07, 6.45) is 4.31. The minimum atomic E-state index is -3.90. The van der Waals surface area contributed by atoms with Crippen molar-refractivity contribution in [1.82, 2.24) is 14.3 Å². The fourth-order valence-corrected chi connectivity index (χ4v) is 5.58. The van der Waals surface area contributed by atoms with Crippen LogP contribution < -0.4 is 5.32 Å². The van der Waals surface area contributed by atoms with Crippen LogP contribution in [0.4, 0.5) is 9.52 Å². The normalized spacial score (nSPS) is 17.3. The Hall–Kier alpha value is -2.69. The predicted octanol–water partition coefficient (Wildman–Crippen LogP) is 3.14. The molecular formula is C19H17FN4O3S2. The first kappa shape index (κ1) is 19.6. The van der Waals surface area contributed by atoms with Crippen LogP contribution in [-0.2, 0) is 14.8 Å². The molecule has 1 aliphatic rings. The van der Waals surface area contributed by atoms with Crippen molar-refractivity contribution in [2.45, 2.75) is 23.8 Å². The molecule has 1 unspecified atom stereocenters. The number of halogens is 1. The number of pyridine rings is 1. The van der Waals surface area contributed by atoms with Gasteiger partial charge in [0.05, 0.1) is 10.6 Å². The van der Waals surface area contributed by atoms with Crippen molar-refractivity contribution in [2.75, 3.05) is 11.9 Å². The highest BCUT2D eigenvalue weighted by molar-refractivity contribution is 7.89. The summed E-state index contributed by atoms with van der Waals surface area (Å²) in [5.74, 6) is -0.951. The first-order chi connectivity index (χ1) is 13.9. The van der Waals surface area contributed by atoms with Gasteiger partial charge in [0.1, 0.15) is 11.9 Å². The topological polar surface area (TPSA) is 92.3 Å². The third-order valence-corrected chi connectivity index (χ3v) is 7.30. The molecule has 1 amide bonds. The fourth-order valence-electron chi connectivity index (χ4n) is 3.20. The summed E-state index contributed by atoms with van der Waals surface area (Å²) in [6, 6.07) is 7.42. The Morgan fingerprint density at radius 2 is 2.03 bits per heavy atom. The molecule has 2 aromatic heterocycles. The lowest BCUT2D eigenvalue weighted by atomic mass is 10.2. The summed E-state index contributed by atoms with van der Waals surface area (Å²) in [6.45, 7) is 0.233. The van der Waals surface area contributed by atoms with Gasteiger partial charge in [-0.05, 0) is 49.2 Å². The van der Waals surface area contributed by atoms with Crippen LogP contribution in [0.3, 0.4) is 0 Å². The van der Waals surface area contributed by atoms with Crippen LogP contribution in [0.2, 0.25) is 0 Å². The number of nitrogens with zero attached hydrogens (tertiary/aromatic N) is 3. The number of carbonyl (C=O) groups is 1. The molecule has 1 N–H and O–H groups in total. The molecule has 0 aliphatic carbocycles. The Morgan fingerprint density at radius 3 is 2.76 bits per heavy atom. The smallest absolute Gasteiger partial charge is 0.244 e. The molecule has 4 rings (SSSR count). The predicted molar refractivity (Wildman–Crippen MR) is 107 cm³/mol. The maximum atomic E-state index is 13.1. The van der Waals surface area contributed by atoms with E-state index in [9.17, 15) is 17.6 Å². The van der Waals surface area contributed by atoms with Gasteiger partial charge in [-0.2, -0.15) is 4.31 Å². The van der Waals surface area contributed by atoms with E-state index in [0.29, 0.717) is 23.7 Å². The first-order valence-electron chi connectivity index (χ1n) is 8.89. The highest BCUT2D eigenvalue weighted by Crippen LogP contribution is 2.29. The summed E-state index contributed by atoms with van der Waals surface area (Å²) < 4.78 is 40.1. The van der Waals surface area contributed by atoms with Crippen molar-refractivity contribution in [2.24, 2.45) is 0 Å². The molecule has 0 bridgehead atoms. The molecule has 150 valence electrons. The number of nitrogens with one attached hydrogen (secondary N) is 1. The number of sulfonamides is 1. The molecular weight excluding hydrogens is 415 g/mol. The van der Waals surface area contributed by atoms with Crippen LogP contribution in [0.1, 0.15) is 12.8 Å². The zero-order valence-corrected chi connectivity index (χ0v) is 16.8. The Bertz CT molecular complexity index is 1120. The maximum absolute atomic E-state index is 13.1. The lowest BCUT2D eigenvalue weighted by Crippen LogP contribution is -2.43. The molecule has 1 aliphatic heterocycles. The zero-order chi connectivity index (χ0) is 20.4. The van der Waals surface area contributed by atoms with Gasteiger partial charge in [0.15, 0.2) is 5.13 Å². The summed E-state index contributed by atoms with van der Waals surface area (Å²) in [5.41, 5.74) is 1.51. The second-order valence-corrected chi connectivity index (χ2v) is 9.25. The standard InChI is InChI=1S/C19H17FN4O3S2/c20-14-5-7-15(8-6-14)29(26,27)24-10-2-4-17(24)18(25)23-19-22-16(12-28-19)13-3-1-9-21-11-13/h1,3,5-9,11-12,17H,2,4,10H2,(H,22,23,25). The monoisotopic (exact) mass is 432 g/mol. The van der Waals surface area contributed by atoms with Gasteiger partial charge in [0.25, 0.3) is 0 Å². The summed E-state index contributed by atoms with van der Waals surface area (Å²) in [5, 5.41) is 4.91. The minimum absolute atomic E-state index is 0.0355. The molecule has 1 aromatic carbocycles. The maximum Gasteiger partial charge on any atom is 0.244 e. The molecule has 1 saturated heterocycles. The number of anilines is 1. The summed E-state index contributed by atoms with van der Waals surface area (Å²) in [4.78, 5) is 21.2. The van der Waals surface area contributed by atoms with E-state index in [4.69, 9.17) is 0 Å². The van der Waals surface area contributed by atoms with Gasteiger partial charge in [-0.15, -0.1) is 11.3 Å². The number of rotatable bonds is 5. The van der Waals surface area contributed by atoms with Crippen LogP contribution in [0.5, 0.6) is 0 Å². The van der Waals surface area contributed by atoms with Crippen molar-refractivity contribution < 1.29 is 17.6 Å². The van der Waals surface area contributed by atoms with Crippen LogP contribution in [0, 0.1) is 5.82 Å². The van der Waals surface area contributed by atoms with Gasteiger partial charge < -0.3 is 5.32 Å². The largest absolute Gasteiger partial charge is 0.301 e. The van der Waals surface area contributed by atoms with Crippen molar-refractivity contribution in [3.8, 4) is 11.3 Å². The lowest BCUT2D eigenvalue weighted by Gasteiger charge is -2.23. The minimum Gasteiger partial charge on any atom is -0.301 e. The number of amides is 1. The molecule has 10 heteroatoms. The van der Waals surface area contributed by atoms with E-state index in [1.54, 1.807) is 23.8 Å². The quantitative estimate of drug-likeness (QED) is 0.669. The van der Waals surface area contributed by atoms with E-state index < -0.39 is 27.8 Å². The van der Waals surface area contributed by atoms with Crippen LogP contribution in [0.25, 0.3) is 11.3 Å². The van der Waals surface area contributed by atoms with Gasteiger partial charge in [-0.3, -0.25) is 9.78 Å². The number of hydrogen-bond acceptors (Lipinski definition) is 6. The summed E-state index contributed by atoms with van der Waals surface area (Å²) in [7, 11) is -3.90. The van der Waals surface area contributed by atoms with Crippen molar-refractivity contribution in [1.29, 1.82) is 0 Å². The number of hydrogen-bond donors (Lipinski definition) is 1. The molecule has 0 saturated carbocycles. The average molecular weight is 433 g/mol. The van der Waals surface area contributed by atoms with Crippen molar-refractivity contribution >= 4 is 32.4 Å². The summed E-state index contributed by atoms with van der Waals surface area (Å²) >= 11 is 1.26. The van der Waals surface area contributed by atoms with E-state index in [2.05, 4.69) is 15.3 Å². The molecule has 3 aromatic rings. The molecule has 3 heterocycles. The van der Waals surface area contributed by atoms with Gasteiger partial charge in [-0.1, -0.05) is 0 Å². The Balaban J connectivity index is 1.51. The molecule has 7 nitrogen and oxygen atoms in total. The van der Waals surface area contributed by atoms with E-state index in [1.165, 1.54) is 27.8 Å². The molecule has 1 atom stereocenters. The third-order valence-electron chi connectivity index (χ3n) is 4.62. The van der Waals surface area contributed by atoms with E-state index in [0.717, 1.165) is 17.7 Å². The molecule has 0 spiro atoms. The number of carbonyl (C=O) groups excluding carboxylic acids is 1. The first-order valence-corrected chi connectivity index (χ1v) is 11.2. The van der Waals surface area contributed by atoms with Gasteiger partial charge in [-0.25, -0.2) is 17.8 Å². The van der Waals surface area contributed by atoms with Crippen LogP contribution in [0.15, 0.2) is 59.1 Å². The fraction of sp³-hybridized carbons (Fsp3) is 0.211. The van der Waals surface area contributed by atoms with Crippen LogP contribution in [-0.4, -0.2) is 41.2 Å². The zero-order valence-electron chi connectivity index (χ0n) is 15.2. The van der Waals surface area contributed by atoms with Gasteiger partial charge in [0, 0.05) is 29.9 Å². The number of thiazole rings is 1. The highest BCUT2D eigenvalue weighted by Gasteiger charge is 2.39. The number of benzene rings is 1. The van der Waals surface area contributed by atoms with Gasteiger partial charge in [0.2, 0.25) is 15.9 Å². The van der Waals surface area contributed by atoms with Crippen molar-refractivity contribution in [3.05, 3.63) is 60.0 Å². The Kier molecular flexibility index (Phi) is 5.39. The Morgan fingerprint density at radius 1 is 1.24 bits per heavy atom. The molecule has 29 heavy (non-hydrogen) atoms. The average Bonchev–Trinajstić information content (AvgIpc) is 3.39. The van der Waals surface area contributed by atoms with E-state index >= 15 is 0 Å². The van der Waals surface area contributed by atoms with Crippen molar-refractivity contribution in [3.63, 3.8) is 0 Å².